The van der Waals surface area contributed by atoms with Crippen molar-refractivity contribution in [3.63, 3.8) is 0 Å². The van der Waals surface area contributed by atoms with Crippen molar-refractivity contribution in [2.75, 3.05) is 5.75 Å². The molecule has 4 rings (SSSR count). The molecule has 0 radical (unpaired) electrons. The van der Waals surface area contributed by atoms with Crippen molar-refractivity contribution in [3.8, 4) is 11.4 Å². The summed E-state index contributed by atoms with van der Waals surface area (Å²) in [5, 5.41) is 14.6. The molecule has 1 aliphatic rings. The van der Waals surface area contributed by atoms with Gasteiger partial charge in [0.1, 0.15) is 0 Å². The lowest BCUT2D eigenvalue weighted by atomic mass is 9.95. The highest BCUT2D eigenvalue weighted by Crippen LogP contribution is 2.35. The Morgan fingerprint density at radius 2 is 1.82 bits per heavy atom. The first kappa shape index (κ1) is 24.0. The zero-order valence-corrected chi connectivity index (χ0v) is 21.5. The smallest absolute Gasteiger partial charge is 0.250 e. The molecule has 1 fully saturated rings. The molecular formula is C24H25BrClN5OS. The number of hydrazone groups is 1. The van der Waals surface area contributed by atoms with Gasteiger partial charge in [-0.25, -0.2) is 5.43 Å². The van der Waals surface area contributed by atoms with Crippen LogP contribution in [0.2, 0.25) is 5.02 Å². The predicted molar refractivity (Wildman–Crippen MR) is 138 cm³/mol. The lowest BCUT2D eigenvalue weighted by molar-refractivity contribution is -0.118. The van der Waals surface area contributed by atoms with Crippen LogP contribution >= 0.6 is 39.3 Å². The van der Waals surface area contributed by atoms with Crippen LogP contribution in [-0.4, -0.2) is 32.1 Å². The molecule has 0 bridgehead atoms. The maximum atomic E-state index is 12.5. The molecule has 1 aromatic heterocycles. The van der Waals surface area contributed by atoms with Gasteiger partial charge in [0.2, 0.25) is 0 Å². The van der Waals surface area contributed by atoms with Crippen LogP contribution in [0.15, 0.2) is 63.3 Å². The summed E-state index contributed by atoms with van der Waals surface area (Å²) in [5.41, 5.74) is 5.33. The van der Waals surface area contributed by atoms with Crippen LogP contribution in [0.25, 0.3) is 11.4 Å². The maximum Gasteiger partial charge on any atom is 0.250 e. The third kappa shape index (κ3) is 6.25. The summed E-state index contributed by atoms with van der Waals surface area (Å²) in [7, 11) is 0. The van der Waals surface area contributed by atoms with E-state index in [9.17, 15) is 4.79 Å². The highest BCUT2D eigenvalue weighted by atomic mass is 79.9. The Kier molecular flexibility index (Phi) is 8.22. The average molecular weight is 547 g/mol. The summed E-state index contributed by atoms with van der Waals surface area (Å²) < 4.78 is 3.20. The van der Waals surface area contributed by atoms with Gasteiger partial charge in [-0.1, -0.05) is 70.7 Å². The van der Waals surface area contributed by atoms with E-state index in [0.717, 1.165) is 45.1 Å². The van der Waals surface area contributed by atoms with Crippen LogP contribution in [0.5, 0.6) is 0 Å². The zero-order chi connectivity index (χ0) is 23.2. The molecule has 1 amide bonds. The molecule has 1 saturated carbocycles. The van der Waals surface area contributed by atoms with E-state index >= 15 is 0 Å². The molecule has 0 aliphatic heterocycles. The molecule has 3 aromatic rings. The minimum atomic E-state index is -0.178. The van der Waals surface area contributed by atoms with Gasteiger partial charge in [0.15, 0.2) is 11.0 Å². The van der Waals surface area contributed by atoms with Gasteiger partial charge in [-0.3, -0.25) is 9.36 Å². The number of halogens is 2. The summed E-state index contributed by atoms with van der Waals surface area (Å²) in [6.45, 7) is 1.87. The molecule has 1 aliphatic carbocycles. The number of benzene rings is 2. The quantitative estimate of drug-likeness (QED) is 0.209. The van der Waals surface area contributed by atoms with Crippen molar-refractivity contribution in [3.05, 3.63) is 63.6 Å². The molecule has 0 spiro atoms. The second-order valence-corrected chi connectivity index (χ2v) is 10.3. The first-order valence-electron chi connectivity index (χ1n) is 10.9. The first-order valence-corrected chi connectivity index (χ1v) is 13.1. The van der Waals surface area contributed by atoms with E-state index in [1.165, 1.54) is 31.0 Å². The number of aromatic nitrogens is 3. The lowest BCUT2D eigenvalue weighted by Crippen LogP contribution is -2.22. The number of rotatable bonds is 7. The molecular weight excluding hydrogens is 522 g/mol. The van der Waals surface area contributed by atoms with Crippen LogP contribution in [0.1, 0.15) is 50.6 Å². The highest BCUT2D eigenvalue weighted by Gasteiger charge is 2.24. The van der Waals surface area contributed by atoms with Gasteiger partial charge in [0.05, 0.1) is 11.5 Å². The first-order chi connectivity index (χ1) is 16.0. The van der Waals surface area contributed by atoms with Crippen molar-refractivity contribution in [2.45, 2.75) is 50.2 Å². The molecule has 0 saturated heterocycles. The van der Waals surface area contributed by atoms with Crippen molar-refractivity contribution in [1.29, 1.82) is 0 Å². The number of hydrogen-bond donors (Lipinski definition) is 1. The van der Waals surface area contributed by atoms with Crippen molar-refractivity contribution in [2.24, 2.45) is 5.10 Å². The molecule has 0 unspecified atom stereocenters. The van der Waals surface area contributed by atoms with Crippen molar-refractivity contribution < 1.29 is 4.79 Å². The molecule has 1 heterocycles. The van der Waals surface area contributed by atoms with E-state index in [-0.39, 0.29) is 11.7 Å². The van der Waals surface area contributed by atoms with Gasteiger partial charge >= 0.3 is 0 Å². The number of carbonyl (C=O) groups excluding carboxylic acids is 1. The van der Waals surface area contributed by atoms with E-state index in [1.54, 1.807) is 0 Å². The Morgan fingerprint density at radius 3 is 2.52 bits per heavy atom. The summed E-state index contributed by atoms with van der Waals surface area (Å²) in [6.07, 6.45) is 5.83. The summed E-state index contributed by atoms with van der Waals surface area (Å²) in [4.78, 5) is 12.5. The Bertz CT molecular complexity index is 1120. The van der Waals surface area contributed by atoms with E-state index < -0.39 is 0 Å². The van der Waals surface area contributed by atoms with Crippen LogP contribution < -0.4 is 5.43 Å². The fraction of sp³-hybridized carbons (Fsp3) is 0.333. The second kappa shape index (κ2) is 11.3. The zero-order valence-electron chi connectivity index (χ0n) is 18.3. The lowest BCUT2D eigenvalue weighted by Gasteiger charge is -2.25. The van der Waals surface area contributed by atoms with Crippen LogP contribution in [0.3, 0.4) is 0 Å². The number of hydrogen-bond acceptors (Lipinski definition) is 5. The largest absolute Gasteiger partial charge is 0.299 e. The topological polar surface area (TPSA) is 72.2 Å². The maximum absolute atomic E-state index is 12.5. The predicted octanol–water partition coefficient (Wildman–Crippen LogP) is 6.50. The Morgan fingerprint density at radius 1 is 1.12 bits per heavy atom. The van der Waals surface area contributed by atoms with Gasteiger partial charge in [0.25, 0.3) is 5.91 Å². The molecule has 1 N–H and O–H groups in total. The highest BCUT2D eigenvalue weighted by molar-refractivity contribution is 9.10. The van der Waals surface area contributed by atoms with Gasteiger partial charge in [0, 0.05) is 21.1 Å². The van der Waals surface area contributed by atoms with Crippen molar-refractivity contribution >= 4 is 50.9 Å². The van der Waals surface area contributed by atoms with Crippen LogP contribution in [-0.2, 0) is 4.79 Å². The number of amides is 1. The normalized spacial score (nSPS) is 14.9. The SMILES string of the molecule is C/C(=N\NC(=O)CSc1nnc(-c2ccc(Cl)cc2)n1C1CCCCC1)c1ccc(Br)cc1. The Hall–Kier alpha value is -2.16. The minimum Gasteiger partial charge on any atom is -0.299 e. The number of nitrogens with one attached hydrogen (secondary N) is 1. The summed E-state index contributed by atoms with van der Waals surface area (Å²) >= 11 is 10.9. The fourth-order valence-electron chi connectivity index (χ4n) is 3.90. The molecule has 6 nitrogen and oxygen atoms in total. The van der Waals surface area contributed by atoms with Gasteiger partial charge in [-0.05, 0) is 61.7 Å². The van der Waals surface area contributed by atoms with E-state index in [4.69, 9.17) is 11.6 Å². The summed E-state index contributed by atoms with van der Waals surface area (Å²) in [6, 6.07) is 15.8. The molecule has 172 valence electrons. The Balaban J connectivity index is 1.47. The molecule has 33 heavy (non-hydrogen) atoms. The number of nitrogens with zero attached hydrogens (tertiary/aromatic N) is 4. The van der Waals surface area contributed by atoms with Crippen molar-refractivity contribution in [1.82, 2.24) is 20.2 Å². The third-order valence-electron chi connectivity index (χ3n) is 5.65. The molecule has 9 heteroatoms. The van der Waals surface area contributed by atoms with Gasteiger partial charge < -0.3 is 0 Å². The molecule has 2 aromatic carbocycles. The van der Waals surface area contributed by atoms with E-state index in [2.05, 4.69) is 41.2 Å². The van der Waals surface area contributed by atoms with Gasteiger partial charge in [-0.15, -0.1) is 10.2 Å². The minimum absolute atomic E-state index is 0.178. The van der Waals surface area contributed by atoms with E-state index in [0.29, 0.717) is 11.1 Å². The monoisotopic (exact) mass is 545 g/mol. The van der Waals surface area contributed by atoms with Crippen LogP contribution in [0, 0.1) is 0 Å². The standard InChI is InChI=1S/C24H25BrClN5OS/c1-16(17-7-11-19(25)12-8-17)27-28-22(32)15-33-24-30-29-23(18-9-13-20(26)14-10-18)31(24)21-5-3-2-4-6-21/h7-14,21H,2-6,15H2,1H3,(H,28,32)/b27-16+. The van der Waals surface area contributed by atoms with Crippen LogP contribution in [0.4, 0.5) is 0 Å². The number of carbonyl (C=O) groups is 1. The number of thioether (sulfide) groups is 1. The second-order valence-electron chi connectivity index (χ2n) is 8.00. The fourth-order valence-corrected chi connectivity index (χ4v) is 5.09. The third-order valence-corrected chi connectivity index (χ3v) is 7.37. The van der Waals surface area contributed by atoms with Gasteiger partial charge in [-0.2, -0.15) is 5.10 Å². The Labute approximate surface area is 211 Å². The summed E-state index contributed by atoms with van der Waals surface area (Å²) in [5.74, 6) is 0.857. The average Bonchev–Trinajstić information content (AvgIpc) is 3.26. The van der Waals surface area contributed by atoms with E-state index in [1.807, 2.05) is 55.5 Å². The molecule has 0 atom stereocenters.